The molecule has 0 amide bonds. The molecule has 3 rings (SSSR count). The van der Waals surface area contributed by atoms with E-state index in [1.54, 1.807) is 36.0 Å². The lowest BCUT2D eigenvalue weighted by Crippen LogP contribution is -2.03. The average Bonchev–Trinajstić information content (AvgIpc) is 2.89. The van der Waals surface area contributed by atoms with Gasteiger partial charge < -0.3 is 5.32 Å². The Labute approximate surface area is 125 Å². The molecule has 7 heteroatoms. The molecule has 2 aromatic heterocycles. The Balaban J connectivity index is 1.84. The predicted molar refractivity (Wildman–Crippen MR) is 78.6 cm³/mol. The molecule has 0 atom stereocenters. The summed E-state index contributed by atoms with van der Waals surface area (Å²) < 4.78 is 14.5. The van der Waals surface area contributed by atoms with E-state index < -0.39 is 0 Å². The molecule has 0 bridgehead atoms. The van der Waals surface area contributed by atoms with Crippen LogP contribution in [0.4, 0.5) is 16.0 Å². The Bertz CT molecular complexity index is 830. The standard InChI is InChI=1S/C15H11FN6/c1-22-15(11(8-17)9-18-22)19-14-7-6-13(20-21-14)10-2-4-12(16)5-3-10/h2-7,9H,1H3,(H,19,21). The van der Waals surface area contributed by atoms with Gasteiger partial charge in [0.2, 0.25) is 0 Å². The summed E-state index contributed by atoms with van der Waals surface area (Å²) in [5, 5.41) is 24.2. The molecule has 0 aliphatic carbocycles. The number of rotatable bonds is 3. The summed E-state index contributed by atoms with van der Waals surface area (Å²) in [6.07, 6.45) is 1.47. The first-order valence-corrected chi connectivity index (χ1v) is 6.46. The Morgan fingerprint density at radius 2 is 1.91 bits per heavy atom. The van der Waals surface area contributed by atoms with Gasteiger partial charge in [-0.15, -0.1) is 10.2 Å². The van der Waals surface area contributed by atoms with Crippen molar-refractivity contribution < 1.29 is 4.39 Å². The summed E-state index contributed by atoms with van der Waals surface area (Å²) in [5.41, 5.74) is 1.83. The number of aromatic nitrogens is 4. The van der Waals surface area contributed by atoms with E-state index in [-0.39, 0.29) is 5.82 Å². The van der Waals surface area contributed by atoms with Gasteiger partial charge in [-0.2, -0.15) is 10.4 Å². The topological polar surface area (TPSA) is 79.4 Å². The highest BCUT2D eigenvalue weighted by molar-refractivity contribution is 5.63. The van der Waals surface area contributed by atoms with Gasteiger partial charge in [0.1, 0.15) is 23.3 Å². The maximum Gasteiger partial charge on any atom is 0.154 e. The number of nitriles is 1. The summed E-state index contributed by atoms with van der Waals surface area (Å²) in [6.45, 7) is 0. The van der Waals surface area contributed by atoms with Crippen LogP contribution in [-0.2, 0) is 7.05 Å². The van der Waals surface area contributed by atoms with Crippen molar-refractivity contribution in [1.82, 2.24) is 20.0 Å². The van der Waals surface area contributed by atoms with Gasteiger partial charge in [-0.1, -0.05) is 0 Å². The third-order valence-electron chi connectivity index (χ3n) is 3.11. The number of halogens is 1. The van der Waals surface area contributed by atoms with Crippen molar-refractivity contribution in [3.63, 3.8) is 0 Å². The quantitative estimate of drug-likeness (QED) is 0.803. The van der Waals surface area contributed by atoms with Crippen LogP contribution < -0.4 is 5.32 Å². The van der Waals surface area contributed by atoms with Crippen LogP contribution in [0.1, 0.15) is 5.56 Å². The first-order valence-electron chi connectivity index (χ1n) is 6.46. The van der Waals surface area contributed by atoms with Crippen molar-refractivity contribution in [3.05, 3.63) is 54.0 Å². The highest BCUT2D eigenvalue weighted by Crippen LogP contribution is 2.20. The highest BCUT2D eigenvalue weighted by atomic mass is 19.1. The molecule has 2 heterocycles. The van der Waals surface area contributed by atoms with Crippen LogP contribution in [0, 0.1) is 17.1 Å². The Kier molecular flexibility index (Phi) is 3.50. The number of benzene rings is 1. The maximum atomic E-state index is 12.9. The van der Waals surface area contributed by atoms with E-state index in [9.17, 15) is 4.39 Å². The van der Waals surface area contributed by atoms with Crippen LogP contribution in [0.5, 0.6) is 0 Å². The van der Waals surface area contributed by atoms with Gasteiger partial charge in [-0.25, -0.2) is 4.39 Å². The van der Waals surface area contributed by atoms with Gasteiger partial charge in [0, 0.05) is 12.6 Å². The number of hydrogen-bond donors (Lipinski definition) is 1. The molecule has 1 aromatic carbocycles. The molecule has 0 aliphatic heterocycles. The molecule has 0 unspecified atom stereocenters. The van der Waals surface area contributed by atoms with E-state index >= 15 is 0 Å². The van der Waals surface area contributed by atoms with Crippen LogP contribution in [0.2, 0.25) is 0 Å². The molecule has 0 radical (unpaired) electrons. The van der Waals surface area contributed by atoms with Crippen molar-refractivity contribution in [2.75, 3.05) is 5.32 Å². The van der Waals surface area contributed by atoms with E-state index in [0.717, 1.165) is 5.56 Å². The number of nitrogens with one attached hydrogen (secondary N) is 1. The smallest absolute Gasteiger partial charge is 0.154 e. The second kappa shape index (κ2) is 5.61. The van der Waals surface area contributed by atoms with E-state index in [1.165, 1.54) is 18.3 Å². The SMILES string of the molecule is Cn1ncc(C#N)c1Nc1ccc(-c2ccc(F)cc2)nn1. The van der Waals surface area contributed by atoms with Gasteiger partial charge in [-0.05, 0) is 36.4 Å². The first-order chi connectivity index (χ1) is 10.7. The third kappa shape index (κ3) is 2.62. The molecule has 22 heavy (non-hydrogen) atoms. The molecule has 0 spiro atoms. The van der Waals surface area contributed by atoms with Crippen molar-refractivity contribution in [1.29, 1.82) is 5.26 Å². The first kappa shape index (κ1) is 13.7. The molecular weight excluding hydrogens is 283 g/mol. The summed E-state index contributed by atoms with van der Waals surface area (Å²) in [7, 11) is 1.73. The zero-order chi connectivity index (χ0) is 15.5. The van der Waals surface area contributed by atoms with Crippen LogP contribution in [0.3, 0.4) is 0 Å². The van der Waals surface area contributed by atoms with Gasteiger partial charge in [0.25, 0.3) is 0 Å². The van der Waals surface area contributed by atoms with Crippen molar-refractivity contribution in [2.45, 2.75) is 0 Å². The van der Waals surface area contributed by atoms with Crippen molar-refractivity contribution in [2.24, 2.45) is 7.05 Å². The summed E-state index contributed by atoms with van der Waals surface area (Å²) >= 11 is 0. The van der Waals surface area contributed by atoms with Crippen molar-refractivity contribution in [3.8, 4) is 17.3 Å². The highest BCUT2D eigenvalue weighted by Gasteiger charge is 2.09. The van der Waals surface area contributed by atoms with Gasteiger partial charge in [-0.3, -0.25) is 4.68 Å². The third-order valence-corrected chi connectivity index (χ3v) is 3.11. The fraction of sp³-hybridized carbons (Fsp3) is 0.0667. The number of nitrogens with zero attached hydrogens (tertiary/aromatic N) is 5. The lowest BCUT2D eigenvalue weighted by molar-refractivity contribution is 0.628. The number of hydrogen-bond acceptors (Lipinski definition) is 5. The second-order valence-electron chi connectivity index (χ2n) is 4.58. The lowest BCUT2D eigenvalue weighted by atomic mass is 10.1. The van der Waals surface area contributed by atoms with Gasteiger partial charge in [0.15, 0.2) is 5.82 Å². The van der Waals surface area contributed by atoms with Crippen molar-refractivity contribution >= 4 is 11.6 Å². The maximum absolute atomic E-state index is 12.9. The Hall–Kier alpha value is -3.27. The summed E-state index contributed by atoms with van der Waals surface area (Å²) in [4.78, 5) is 0. The lowest BCUT2D eigenvalue weighted by Gasteiger charge is -2.06. The zero-order valence-electron chi connectivity index (χ0n) is 11.7. The molecule has 0 saturated carbocycles. The molecule has 0 aliphatic rings. The molecule has 0 fully saturated rings. The molecule has 1 N–H and O–H groups in total. The van der Waals surface area contributed by atoms with E-state index in [0.29, 0.717) is 22.9 Å². The van der Waals surface area contributed by atoms with Crippen LogP contribution in [-0.4, -0.2) is 20.0 Å². The normalized spacial score (nSPS) is 10.2. The minimum atomic E-state index is -0.296. The zero-order valence-corrected chi connectivity index (χ0v) is 11.7. The van der Waals surface area contributed by atoms with Crippen LogP contribution in [0.15, 0.2) is 42.6 Å². The van der Waals surface area contributed by atoms with E-state index in [4.69, 9.17) is 5.26 Å². The van der Waals surface area contributed by atoms with Gasteiger partial charge in [0.05, 0.1) is 11.9 Å². The molecule has 6 nitrogen and oxygen atoms in total. The number of anilines is 2. The van der Waals surface area contributed by atoms with Crippen LogP contribution >= 0.6 is 0 Å². The largest absolute Gasteiger partial charge is 0.323 e. The monoisotopic (exact) mass is 294 g/mol. The second-order valence-corrected chi connectivity index (χ2v) is 4.58. The predicted octanol–water partition coefficient (Wildman–Crippen LogP) is 2.63. The Morgan fingerprint density at radius 1 is 1.14 bits per heavy atom. The minimum Gasteiger partial charge on any atom is -0.323 e. The molecule has 108 valence electrons. The number of aryl methyl sites for hydroxylation is 1. The fourth-order valence-corrected chi connectivity index (χ4v) is 1.96. The minimum absolute atomic E-state index is 0.296. The van der Waals surface area contributed by atoms with Gasteiger partial charge >= 0.3 is 0 Å². The summed E-state index contributed by atoms with van der Waals surface area (Å²) in [6, 6.07) is 11.6. The molecule has 0 saturated heterocycles. The average molecular weight is 294 g/mol. The summed E-state index contributed by atoms with van der Waals surface area (Å²) in [5.74, 6) is 0.743. The van der Waals surface area contributed by atoms with Crippen LogP contribution in [0.25, 0.3) is 11.3 Å². The Morgan fingerprint density at radius 3 is 2.55 bits per heavy atom. The molecule has 3 aromatic rings. The molecular formula is C15H11FN6. The van der Waals surface area contributed by atoms with E-state index in [2.05, 4.69) is 20.6 Å². The van der Waals surface area contributed by atoms with E-state index in [1.807, 2.05) is 6.07 Å². The fourth-order valence-electron chi connectivity index (χ4n) is 1.96.